The molecule has 1 amide bonds. The third-order valence-corrected chi connectivity index (χ3v) is 5.20. The summed E-state index contributed by atoms with van der Waals surface area (Å²) in [5.74, 6) is 0.648. The molecule has 1 saturated heterocycles. The van der Waals surface area contributed by atoms with Gasteiger partial charge < -0.3 is 14.8 Å². The molecule has 5 nitrogen and oxygen atoms in total. The smallest absolute Gasteiger partial charge is 0.261 e. The van der Waals surface area contributed by atoms with E-state index >= 15 is 0 Å². The molecule has 0 aromatic heterocycles. The van der Waals surface area contributed by atoms with Crippen molar-refractivity contribution < 1.29 is 14.3 Å². The maximum atomic E-state index is 12.5. The summed E-state index contributed by atoms with van der Waals surface area (Å²) in [4.78, 5) is 14.9. The van der Waals surface area contributed by atoms with Gasteiger partial charge in [0, 0.05) is 26.2 Å². The summed E-state index contributed by atoms with van der Waals surface area (Å²) in [6.45, 7) is 10.8. The van der Waals surface area contributed by atoms with Gasteiger partial charge >= 0.3 is 0 Å². The Labute approximate surface area is 167 Å². The molecular formula is C23H30N2O3. The summed E-state index contributed by atoms with van der Waals surface area (Å²) in [6.07, 6.45) is -0.544. The Bertz CT molecular complexity index is 800. The summed E-state index contributed by atoms with van der Waals surface area (Å²) in [5, 5.41) is 2.99. The van der Waals surface area contributed by atoms with Crippen LogP contribution in [0.25, 0.3) is 0 Å². The number of benzene rings is 2. The number of nitrogens with one attached hydrogen (secondary N) is 1. The van der Waals surface area contributed by atoms with E-state index in [4.69, 9.17) is 9.47 Å². The summed E-state index contributed by atoms with van der Waals surface area (Å²) in [6, 6.07) is 14.3. The van der Waals surface area contributed by atoms with Crippen LogP contribution in [-0.4, -0.2) is 43.2 Å². The van der Waals surface area contributed by atoms with E-state index in [1.165, 1.54) is 5.56 Å². The Morgan fingerprint density at radius 3 is 2.64 bits per heavy atom. The zero-order valence-corrected chi connectivity index (χ0v) is 17.0. The highest BCUT2D eigenvalue weighted by Gasteiger charge is 2.16. The zero-order valence-electron chi connectivity index (χ0n) is 17.0. The number of hydrogen-bond acceptors (Lipinski definition) is 4. The largest absolute Gasteiger partial charge is 0.481 e. The fraction of sp³-hybridized carbons (Fsp3) is 0.435. The van der Waals surface area contributed by atoms with Crippen LogP contribution in [0.4, 0.5) is 0 Å². The van der Waals surface area contributed by atoms with Crippen molar-refractivity contribution in [3.8, 4) is 5.75 Å². The summed E-state index contributed by atoms with van der Waals surface area (Å²) >= 11 is 0. The molecule has 2 aromatic carbocycles. The Balaban J connectivity index is 1.52. The first-order chi connectivity index (χ1) is 13.5. The third-order valence-electron chi connectivity index (χ3n) is 5.20. The number of aryl methyl sites for hydroxylation is 1. The molecule has 1 fully saturated rings. The average Bonchev–Trinajstić information content (AvgIpc) is 2.70. The van der Waals surface area contributed by atoms with E-state index in [1.807, 2.05) is 44.2 Å². The predicted octanol–water partition coefficient (Wildman–Crippen LogP) is 3.22. The van der Waals surface area contributed by atoms with Crippen molar-refractivity contribution in [1.29, 1.82) is 0 Å². The van der Waals surface area contributed by atoms with E-state index in [9.17, 15) is 4.79 Å². The van der Waals surface area contributed by atoms with Gasteiger partial charge in [0.2, 0.25) is 0 Å². The molecule has 3 rings (SSSR count). The van der Waals surface area contributed by atoms with E-state index in [0.717, 1.165) is 55.3 Å². The molecule has 28 heavy (non-hydrogen) atoms. The minimum absolute atomic E-state index is 0.112. The highest BCUT2D eigenvalue weighted by atomic mass is 16.5. The van der Waals surface area contributed by atoms with E-state index in [-0.39, 0.29) is 5.91 Å². The first kappa shape index (κ1) is 20.4. The molecule has 0 spiro atoms. The molecular weight excluding hydrogens is 352 g/mol. The lowest BCUT2D eigenvalue weighted by Crippen LogP contribution is -2.36. The van der Waals surface area contributed by atoms with Gasteiger partial charge in [0.25, 0.3) is 5.91 Å². The molecule has 5 heteroatoms. The number of ether oxygens (including phenoxy) is 2. The van der Waals surface area contributed by atoms with Gasteiger partial charge in [0.1, 0.15) is 5.75 Å². The SMILES string of the molecule is Cc1cccc(OC(C)C(=O)NCc2cccc(CN3CCOCC3)c2)c1C. The van der Waals surface area contributed by atoms with Crippen LogP contribution in [0.3, 0.4) is 0 Å². The van der Waals surface area contributed by atoms with E-state index in [0.29, 0.717) is 6.54 Å². The second kappa shape index (κ2) is 9.71. The Morgan fingerprint density at radius 2 is 1.86 bits per heavy atom. The first-order valence-corrected chi connectivity index (χ1v) is 9.91. The van der Waals surface area contributed by atoms with Crippen LogP contribution in [-0.2, 0) is 22.6 Å². The van der Waals surface area contributed by atoms with E-state index < -0.39 is 6.10 Å². The minimum Gasteiger partial charge on any atom is -0.481 e. The van der Waals surface area contributed by atoms with Crippen LogP contribution in [0, 0.1) is 13.8 Å². The van der Waals surface area contributed by atoms with Crippen molar-refractivity contribution in [1.82, 2.24) is 10.2 Å². The van der Waals surface area contributed by atoms with Gasteiger partial charge in [-0.15, -0.1) is 0 Å². The molecule has 0 aliphatic carbocycles. The van der Waals surface area contributed by atoms with Crippen molar-refractivity contribution in [3.63, 3.8) is 0 Å². The van der Waals surface area contributed by atoms with Crippen molar-refractivity contribution in [2.45, 2.75) is 40.0 Å². The first-order valence-electron chi connectivity index (χ1n) is 9.91. The van der Waals surface area contributed by atoms with Gasteiger partial charge in [-0.1, -0.05) is 36.4 Å². The normalized spacial score (nSPS) is 15.8. The quantitative estimate of drug-likeness (QED) is 0.799. The van der Waals surface area contributed by atoms with Gasteiger partial charge in [-0.05, 0) is 49.1 Å². The van der Waals surface area contributed by atoms with Crippen molar-refractivity contribution in [2.75, 3.05) is 26.3 Å². The second-order valence-corrected chi connectivity index (χ2v) is 7.38. The van der Waals surface area contributed by atoms with Crippen LogP contribution in [0.1, 0.15) is 29.2 Å². The van der Waals surface area contributed by atoms with Gasteiger partial charge in [-0.25, -0.2) is 0 Å². The Hall–Kier alpha value is -2.37. The number of morpholine rings is 1. The van der Waals surface area contributed by atoms with E-state index in [2.05, 4.69) is 22.3 Å². The topological polar surface area (TPSA) is 50.8 Å². The summed E-state index contributed by atoms with van der Waals surface area (Å²) in [5.41, 5.74) is 4.58. The zero-order chi connectivity index (χ0) is 19.9. The second-order valence-electron chi connectivity index (χ2n) is 7.38. The molecule has 1 atom stereocenters. The number of hydrogen-bond donors (Lipinski definition) is 1. The monoisotopic (exact) mass is 382 g/mol. The molecule has 1 unspecified atom stereocenters. The molecule has 0 bridgehead atoms. The molecule has 1 N–H and O–H groups in total. The maximum Gasteiger partial charge on any atom is 0.261 e. The third kappa shape index (κ3) is 5.57. The Morgan fingerprint density at radius 1 is 1.14 bits per heavy atom. The number of rotatable bonds is 7. The maximum absolute atomic E-state index is 12.5. The lowest BCUT2D eigenvalue weighted by atomic mass is 10.1. The summed E-state index contributed by atoms with van der Waals surface area (Å²) in [7, 11) is 0. The van der Waals surface area contributed by atoms with Crippen molar-refractivity contribution in [3.05, 3.63) is 64.7 Å². The molecule has 0 radical (unpaired) electrons. The predicted molar refractivity (Wildman–Crippen MR) is 110 cm³/mol. The average molecular weight is 383 g/mol. The van der Waals surface area contributed by atoms with Crippen molar-refractivity contribution >= 4 is 5.91 Å². The standard InChI is InChI=1S/C23H30N2O3/c1-17-6-4-9-22(18(17)2)28-19(3)23(26)24-15-20-7-5-8-21(14-20)16-25-10-12-27-13-11-25/h4-9,14,19H,10-13,15-16H2,1-3H3,(H,24,26). The van der Waals surface area contributed by atoms with Gasteiger partial charge in [0.05, 0.1) is 13.2 Å². The minimum atomic E-state index is -0.544. The van der Waals surface area contributed by atoms with Crippen LogP contribution in [0.5, 0.6) is 5.75 Å². The highest BCUT2D eigenvalue weighted by molar-refractivity contribution is 5.80. The van der Waals surface area contributed by atoms with Gasteiger partial charge in [-0.3, -0.25) is 9.69 Å². The van der Waals surface area contributed by atoms with Crippen LogP contribution >= 0.6 is 0 Å². The van der Waals surface area contributed by atoms with Crippen molar-refractivity contribution in [2.24, 2.45) is 0 Å². The van der Waals surface area contributed by atoms with Crippen LogP contribution in [0.15, 0.2) is 42.5 Å². The van der Waals surface area contributed by atoms with E-state index in [1.54, 1.807) is 6.92 Å². The Kier molecular flexibility index (Phi) is 7.06. The fourth-order valence-electron chi connectivity index (χ4n) is 3.28. The lowest BCUT2D eigenvalue weighted by molar-refractivity contribution is -0.127. The highest BCUT2D eigenvalue weighted by Crippen LogP contribution is 2.21. The summed E-state index contributed by atoms with van der Waals surface area (Å²) < 4.78 is 11.3. The number of amides is 1. The molecule has 1 aliphatic rings. The molecule has 1 aliphatic heterocycles. The van der Waals surface area contributed by atoms with Crippen LogP contribution in [0.2, 0.25) is 0 Å². The molecule has 1 heterocycles. The molecule has 150 valence electrons. The number of carbonyl (C=O) groups is 1. The lowest BCUT2D eigenvalue weighted by Gasteiger charge is -2.26. The van der Waals surface area contributed by atoms with Crippen LogP contribution < -0.4 is 10.1 Å². The number of nitrogens with zero attached hydrogens (tertiary/aromatic N) is 1. The molecule has 2 aromatic rings. The van der Waals surface area contributed by atoms with Gasteiger partial charge in [-0.2, -0.15) is 0 Å². The van der Waals surface area contributed by atoms with Gasteiger partial charge in [0.15, 0.2) is 6.10 Å². The number of carbonyl (C=O) groups excluding carboxylic acids is 1. The molecule has 0 saturated carbocycles. The fourth-order valence-corrected chi connectivity index (χ4v) is 3.28.